The van der Waals surface area contributed by atoms with E-state index in [1.54, 1.807) is 48.7 Å². The smallest absolute Gasteiger partial charge is 0.194 e. The Bertz CT molecular complexity index is 1320. The Morgan fingerprint density at radius 1 is 0.667 bits per heavy atom. The number of pyridine rings is 1. The molecule has 164 valence electrons. The molecule has 0 amide bonds. The Hall–Kier alpha value is -4.06. The number of nitrogens with zero attached hydrogens (tertiary/aromatic N) is 1. The van der Waals surface area contributed by atoms with Crippen molar-refractivity contribution >= 4 is 5.83 Å². The minimum Gasteiger partial charge on any atom is -0.256 e. The van der Waals surface area contributed by atoms with Crippen LogP contribution in [0.25, 0.3) is 39.3 Å². The zero-order valence-corrected chi connectivity index (χ0v) is 17.1. The maximum Gasteiger partial charge on any atom is 0.194 e. The molecule has 0 aliphatic heterocycles. The van der Waals surface area contributed by atoms with Gasteiger partial charge in [0.05, 0.1) is 5.69 Å². The van der Waals surface area contributed by atoms with Gasteiger partial charge in [-0.25, -0.2) is 22.0 Å². The summed E-state index contributed by atoms with van der Waals surface area (Å²) in [6.07, 6.45) is 2.47. The van der Waals surface area contributed by atoms with Gasteiger partial charge in [0.25, 0.3) is 0 Å². The van der Waals surface area contributed by atoms with E-state index < -0.39 is 29.1 Å². The lowest BCUT2D eigenvalue weighted by atomic mass is 10.0. The first kappa shape index (κ1) is 22.1. The van der Waals surface area contributed by atoms with E-state index in [0.29, 0.717) is 11.3 Å². The molecule has 1 heterocycles. The lowest BCUT2D eigenvalue weighted by Gasteiger charge is -2.07. The third-order valence-electron chi connectivity index (χ3n) is 5.12. The van der Waals surface area contributed by atoms with Crippen LogP contribution in [0.1, 0.15) is 5.56 Å². The summed E-state index contributed by atoms with van der Waals surface area (Å²) >= 11 is 0. The molecule has 0 radical (unpaired) electrons. The number of aromatic nitrogens is 1. The number of benzene rings is 3. The van der Waals surface area contributed by atoms with Gasteiger partial charge < -0.3 is 0 Å². The number of hydrogen-bond donors (Lipinski definition) is 0. The molecule has 4 aromatic rings. The van der Waals surface area contributed by atoms with Gasteiger partial charge in [-0.15, -0.1) is 0 Å². The van der Waals surface area contributed by atoms with E-state index in [9.17, 15) is 22.0 Å². The molecule has 0 unspecified atom stereocenters. The predicted molar refractivity (Wildman–Crippen MR) is 120 cm³/mol. The Morgan fingerprint density at radius 2 is 1.18 bits per heavy atom. The summed E-state index contributed by atoms with van der Waals surface area (Å²) in [5.74, 6) is -5.99. The second-order valence-corrected chi connectivity index (χ2v) is 7.21. The Balaban J connectivity index is 1.54. The van der Waals surface area contributed by atoms with Gasteiger partial charge in [0.15, 0.2) is 29.1 Å². The van der Waals surface area contributed by atoms with Crippen LogP contribution >= 0.6 is 0 Å². The van der Waals surface area contributed by atoms with Crippen LogP contribution in [0, 0.1) is 17.5 Å². The van der Waals surface area contributed by atoms with Crippen molar-refractivity contribution in [3.05, 3.63) is 120 Å². The minimum absolute atomic E-state index is 0.105. The third-order valence-corrected chi connectivity index (χ3v) is 5.12. The SMILES string of the molecule is C=C/C(F)=C(\F)c1ccc(-c2ccc(-c3ccc(-c4cc(F)c(F)c(F)c4)cc3)cn2)cc1. The van der Waals surface area contributed by atoms with Crippen molar-refractivity contribution in [3.63, 3.8) is 0 Å². The highest BCUT2D eigenvalue weighted by molar-refractivity contribution is 5.72. The van der Waals surface area contributed by atoms with Crippen LogP contribution in [0.2, 0.25) is 0 Å². The zero-order chi connectivity index (χ0) is 23.5. The van der Waals surface area contributed by atoms with Crippen LogP contribution < -0.4 is 0 Å². The Labute approximate surface area is 187 Å². The van der Waals surface area contributed by atoms with E-state index in [-0.39, 0.29) is 11.1 Å². The highest BCUT2D eigenvalue weighted by Crippen LogP contribution is 2.29. The normalized spacial score (nSPS) is 11.8. The molecular weight excluding hydrogens is 433 g/mol. The van der Waals surface area contributed by atoms with Crippen molar-refractivity contribution in [1.82, 2.24) is 4.98 Å². The van der Waals surface area contributed by atoms with Crippen LogP contribution in [-0.4, -0.2) is 4.98 Å². The van der Waals surface area contributed by atoms with E-state index >= 15 is 0 Å². The molecule has 0 N–H and O–H groups in total. The fourth-order valence-electron chi connectivity index (χ4n) is 3.33. The number of halogens is 5. The Morgan fingerprint density at radius 3 is 1.70 bits per heavy atom. The minimum atomic E-state index is -1.50. The van der Waals surface area contributed by atoms with Crippen molar-refractivity contribution < 1.29 is 22.0 Å². The van der Waals surface area contributed by atoms with Gasteiger partial charge in [-0.2, -0.15) is 0 Å². The highest BCUT2D eigenvalue weighted by atomic mass is 19.2. The average Bonchev–Trinajstić information content (AvgIpc) is 2.86. The van der Waals surface area contributed by atoms with Crippen LogP contribution in [0.15, 0.2) is 97.5 Å². The van der Waals surface area contributed by atoms with E-state index in [4.69, 9.17) is 0 Å². The number of hydrogen-bond acceptors (Lipinski definition) is 1. The summed E-state index contributed by atoms with van der Waals surface area (Å²) in [6.45, 7) is 3.21. The van der Waals surface area contributed by atoms with Gasteiger partial charge in [-0.3, -0.25) is 4.98 Å². The molecule has 0 fully saturated rings. The standard InChI is InChI=1S/C27H16F5N/c1-2-22(28)26(31)19-9-7-18(8-10-19)25-12-11-20(15-33-25)16-3-5-17(6-4-16)21-13-23(29)27(32)24(30)14-21/h2-15H,1H2/b26-22+. The first-order valence-corrected chi connectivity index (χ1v) is 9.87. The topological polar surface area (TPSA) is 12.9 Å². The highest BCUT2D eigenvalue weighted by Gasteiger charge is 2.12. The van der Waals surface area contributed by atoms with E-state index in [0.717, 1.165) is 34.9 Å². The molecule has 0 spiro atoms. The van der Waals surface area contributed by atoms with E-state index in [1.165, 1.54) is 12.1 Å². The maximum absolute atomic E-state index is 13.9. The predicted octanol–water partition coefficient (Wildman–Crippen LogP) is 8.29. The molecule has 0 aliphatic rings. The molecule has 0 aliphatic carbocycles. The zero-order valence-electron chi connectivity index (χ0n) is 17.1. The fraction of sp³-hybridized carbons (Fsp3) is 0. The molecule has 0 bridgehead atoms. The Kier molecular flexibility index (Phi) is 6.18. The molecule has 1 nitrogen and oxygen atoms in total. The monoisotopic (exact) mass is 449 g/mol. The van der Waals surface area contributed by atoms with E-state index in [2.05, 4.69) is 11.6 Å². The average molecular weight is 449 g/mol. The molecule has 3 aromatic carbocycles. The number of rotatable bonds is 5. The molecule has 0 atom stereocenters. The largest absolute Gasteiger partial charge is 0.256 e. The first-order chi connectivity index (χ1) is 15.9. The second kappa shape index (κ2) is 9.20. The molecular formula is C27H16F5N. The van der Waals surface area contributed by atoms with Gasteiger partial charge in [0, 0.05) is 22.9 Å². The van der Waals surface area contributed by atoms with Crippen LogP contribution in [0.5, 0.6) is 0 Å². The van der Waals surface area contributed by atoms with Crippen molar-refractivity contribution in [1.29, 1.82) is 0 Å². The van der Waals surface area contributed by atoms with Gasteiger partial charge in [0.1, 0.15) is 0 Å². The van der Waals surface area contributed by atoms with Gasteiger partial charge in [-0.1, -0.05) is 61.2 Å². The molecule has 1 aromatic heterocycles. The quantitative estimate of drug-likeness (QED) is 0.170. The summed E-state index contributed by atoms with van der Waals surface area (Å²) < 4.78 is 67.4. The summed E-state index contributed by atoms with van der Waals surface area (Å²) in [6, 6.07) is 18.6. The lowest BCUT2D eigenvalue weighted by Crippen LogP contribution is -1.92. The summed E-state index contributed by atoms with van der Waals surface area (Å²) in [5.41, 5.74) is 3.88. The van der Waals surface area contributed by atoms with E-state index in [1.807, 2.05) is 6.07 Å². The fourth-order valence-corrected chi connectivity index (χ4v) is 3.33. The van der Waals surface area contributed by atoms with Gasteiger partial charge >= 0.3 is 0 Å². The molecule has 0 saturated carbocycles. The number of allylic oxidation sites excluding steroid dienone is 2. The molecule has 0 saturated heterocycles. The summed E-state index contributed by atoms with van der Waals surface area (Å²) in [4.78, 5) is 4.43. The second-order valence-electron chi connectivity index (χ2n) is 7.21. The van der Waals surface area contributed by atoms with Crippen molar-refractivity contribution in [2.75, 3.05) is 0 Å². The molecule has 6 heteroatoms. The van der Waals surface area contributed by atoms with Crippen LogP contribution in [0.3, 0.4) is 0 Å². The van der Waals surface area contributed by atoms with Crippen molar-refractivity contribution in [2.24, 2.45) is 0 Å². The molecule has 33 heavy (non-hydrogen) atoms. The first-order valence-electron chi connectivity index (χ1n) is 9.87. The summed E-state index contributed by atoms with van der Waals surface area (Å²) in [7, 11) is 0. The van der Waals surface area contributed by atoms with Crippen LogP contribution in [0.4, 0.5) is 22.0 Å². The van der Waals surface area contributed by atoms with Crippen LogP contribution in [-0.2, 0) is 0 Å². The van der Waals surface area contributed by atoms with Crippen molar-refractivity contribution in [2.45, 2.75) is 0 Å². The van der Waals surface area contributed by atoms with Gasteiger partial charge in [0.2, 0.25) is 0 Å². The molecule has 4 rings (SSSR count). The third kappa shape index (κ3) is 4.60. The van der Waals surface area contributed by atoms with Gasteiger partial charge in [-0.05, 0) is 41.0 Å². The maximum atomic E-state index is 13.9. The van der Waals surface area contributed by atoms with Crippen molar-refractivity contribution in [3.8, 4) is 33.5 Å². The lowest BCUT2D eigenvalue weighted by molar-refractivity contribution is 0.448. The summed E-state index contributed by atoms with van der Waals surface area (Å²) in [5, 5.41) is 0.